The highest BCUT2D eigenvalue weighted by atomic mass is 32.1. The van der Waals surface area contributed by atoms with Crippen LogP contribution in [0.25, 0.3) is 0 Å². The molecular formula is C4H6N2S2. The Morgan fingerprint density at radius 3 is 2.62 bits per heavy atom. The van der Waals surface area contributed by atoms with Crippen LogP contribution < -0.4 is 0 Å². The lowest BCUT2D eigenvalue weighted by Crippen LogP contribution is -1.82. The molecule has 0 aliphatic carbocycles. The molecule has 0 aliphatic rings. The van der Waals surface area contributed by atoms with Gasteiger partial charge in [0.15, 0.2) is 0 Å². The van der Waals surface area contributed by atoms with Crippen LogP contribution in [0.4, 0.5) is 0 Å². The summed E-state index contributed by atoms with van der Waals surface area (Å²) < 4.78 is 2.31. The lowest BCUT2D eigenvalue weighted by Gasteiger charge is -1.87. The topological polar surface area (TPSA) is 20.7 Å². The summed E-state index contributed by atoms with van der Waals surface area (Å²) in [4.78, 5) is 0. The number of aryl methyl sites for hydroxylation is 1. The number of hydrogen-bond acceptors (Lipinski definition) is 2. The van der Waals surface area contributed by atoms with Crippen molar-refractivity contribution in [2.45, 2.75) is 6.92 Å². The first kappa shape index (κ1) is 5.91. The molecule has 44 valence electrons. The lowest BCUT2D eigenvalue weighted by molar-refractivity contribution is 0.971. The summed E-state index contributed by atoms with van der Waals surface area (Å²) in [5.74, 6) is 0. The number of nitrogens with zero attached hydrogens (tertiary/aromatic N) is 1. The minimum absolute atomic E-state index is 0.720. The molecule has 0 spiro atoms. The number of rotatable bonds is 0. The monoisotopic (exact) mass is 146 g/mol. The molecule has 0 atom stereocenters. The molecule has 1 rings (SSSR count). The predicted molar refractivity (Wildman–Crippen MR) is 38.7 cm³/mol. The van der Waals surface area contributed by atoms with Gasteiger partial charge < -0.3 is 0 Å². The highest BCUT2D eigenvalue weighted by Crippen LogP contribution is 1.97. The molecule has 8 heavy (non-hydrogen) atoms. The van der Waals surface area contributed by atoms with E-state index >= 15 is 0 Å². The molecule has 2 nitrogen and oxygen atoms in total. The third kappa shape index (κ3) is 0.952. The fourth-order valence-corrected chi connectivity index (χ4v) is 0.971. The molecule has 1 aromatic rings. The highest BCUT2D eigenvalue weighted by Gasteiger charge is 1.87. The summed E-state index contributed by atoms with van der Waals surface area (Å²) in [6.45, 7) is 1.93. The summed E-state index contributed by atoms with van der Waals surface area (Å²) >= 11 is 8.81. The second-order valence-electron chi connectivity index (χ2n) is 1.57. The first-order valence-corrected chi connectivity index (χ1v) is 2.99. The summed E-state index contributed by atoms with van der Waals surface area (Å²) in [5, 5.41) is 2.80. The van der Waals surface area contributed by atoms with Gasteiger partial charge in [-0.1, -0.05) is 12.2 Å². The van der Waals surface area contributed by atoms with Gasteiger partial charge in [-0.15, -0.1) is 0 Å². The maximum absolute atomic E-state index is 4.80. The van der Waals surface area contributed by atoms with Crippen molar-refractivity contribution in [3.63, 3.8) is 0 Å². The van der Waals surface area contributed by atoms with Gasteiger partial charge in [0.05, 0.1) is 0 Å². The van der Waals surface area contributed by atoms with Gasteiger partial charge >= 0.3 is 0 Å². The molecule has 0 radical (unpaired) electrons. The van der Waals surface area contributed by atoms with E-state index in [1.165, 1.54) is 0 Å². The first-order chi connectivity index (χ1) is 3.70. The average molecular weight is 146 g/mol. The van der Waals surface area contributed by atoms with Crippen molar-refractivity contribution in [2.24, 2.45) is 0 Å². The van der Waals surface area contributed by atoms with Crippen LogP contribution in [0.5, 0.6) is 0 Å². The molecule has 1 N–H and O–H groups in total. The molecule has 4 heteroatoms. The van der Waals surface area contributed by atoms with Gasteiger partial charge in [0.1, 0.15) is 4.64 Å². The van der Waals surface area contributed by atoms with Crippen molar-refractivity contribution in [1.29, 1.82) is 0 Å². The van der Waals surface area contributed by atoms with E-state index in [2.05, 4.69) is 17.9 Å². The van der Waals surface area contributed by atoms with E-state index in [0.717, 1.165) is 10.3 Å². The average Bonchev–Trinajstić information content (AvgIpc) is 1.85. The van der Waals surface area contributed by atoms with Crippen LogP contribution in [0, 0.1) is 11.6 Å². The Morgan fingerprint density at radius 2 is 2.50 bits per heavy atom. The predicted octanol–water partition coefficient (Wildman–Crippen LogP) is 1.55. The Balaban J connectivity index is 3.35. The summed E-state index contributed by atoms with van der Waals surface area (Å²) in [6.07, 6.45) is 0. The zero-order valence-electron chi connectivity index (χ0n) is 4.38. The highest BCUT2D eigenvalue weighted by molar-refractivity contribution is 7.78. The van der Waals surface area contributed by atoms with Crippen LogP contribution in [-0.4, -0.2) is 9.19 Å². The van der Waals surface area contributed by atoms with Crippen LogP contribution in [-0.2, 0) is 0 Å². The van der Waals surface area contributed by atoms with Gasteiger partial charge in [0.2, 0.25) is 0 Å². The van der Waals surface area contributed by atoms with Gasteiger partial charge in [0.25, 0.3) is 0 Å². The van der Waals surface area contributed by atoms with E-state index in [1.807, 2.05) is 13.0 Å². The normalized spacial score (nSPS) is 9.75. The maximum atomic E-state index is 4.80. The molecule has 0 saturated heterocycles. The molecule has 0 aromatic carbocycles. The van der Waals surface area contributed by atoms with Crippen molar-refractivity contribution >= 4 is 25.0 Å². The fourth-order valence-electron chi connectivity index (χ4n) is 0.476. The fraction of sp³-hybridized carbons (Fsp3) is 0.250. The number of nitrogens with one attached hydrogen (secondary N) is 1. The van der Waals surface area contributed by atoms with Crippen molar-refractivity contribution in [3.8, 4) is 0 Å². The lowest BCUT2D eigenvalue weighted by atomic mass is 10.5. The summed E-state index contributed by atoms with van der Waals surface area (Å²) in [5.41, 5.74) is 1.03. The number of aromatic amines is 1. The zero-order chi connectivity index (χ0) is 6.15. The zero-order valence-corrected chi connectivity index (χ0v) is 6.09. The van der Waals surface area contributed by atoms with Gasteiger partial charge in [0, 0.05) is 5.69 Å². The Bertz CT molecular complexity index is 212. The van der Waals surface area contributed by atoms with E-state index in [4.69, 9.17) is 12.2 Å². The van der Waals surface area contributed by atoms with Crippen LogP contribution in [0.1, 0.15) is 5.69 Å². The minimum Gasteiger partial charge on any atom is -0.278 e. The van der Waals surface area contributed by atoms with Crippen LogP contribution in [0.15, 0.2) is 6.07 Å². The Morgan fingerprint density at radius 1 is 1.88 bits per heavy atom. The van der Waals surface area contributed by atoms with Crippen molar-refractivity contribution < 1.29 is 0 Å². The molecule has 0 amide bonds. The molecule has 1 heterocycles. The van der Waals surface area contributed by atoms with Gasteiger partial charge in [-0.3, -0.25) is 5.10 Å². The molecular weight excluding hydrogens is 140 g/mol. The SMILES string of the molecule is Cc1cc(=S)[nH]n1S. The van der Waals surface area contributed by atoms with E-state index in [-0.39, 0.29) is 0 Å². The minimum atomic E-state index is 0.720. The Hall–Kier alpha value is -0.220. The van der Waals surface area contributed by atoms with Gasteiger partial charge in [-0.05, 0) is 25.8 Å². The van der Waals surface area contributed by atoms with Gasteiger partial charge in [-0.2, -0.15) is 0 Å². The number of hydrogen-bond donors (Lipinski definition) is 2. The smallest absolute Gasteiger partial charge is 0.120 e. The van der Waals surface area contributed by atoms with Crippen LogP contribution in [0.2, 0.25) is 0 Å². The van der Waals surface area contributed by atoms with E-state index in [0.29, 0.717) is 0 Å². The molecule has 1 aromatic heterocycles. The molecule has 0 unspecified atom stereocenters. The van der Waals surface area contributed by atoms with Crippen molar-refractivity contribution in [3.05, 3.63) is 16.4 Å². The van der Waals surface area contributed by atoms with Crippen LogP contribution >= 0.6 is 25.0 Å². The molecule has 0 bridgehead atoms. The Kier molecular flexibility index (Phi) is 1.44. The van der Waals surface area contributed by atoms with Gasteiger partial charge in [-0.25, -0.2) is 4.09 Å². The second kappa shape index (κ2) is 1.95. The molecule has 0 fully saturated rings. The third-order valence-corrected chi connectivity index (χ3v) is 1.51. The van der Waals surface area contributed by atoms with Crippen LogP contribution in [0.3, 0.4) is 0 Å². The van der Waals surface area contributed by atoms with Crippen molar-refractivity contribution in [1.82, 2.24) is 9.19 Å². The van der Waals surface area contributed by atoms with E-state index < -0.39 is 0 Å². The van der Waals surface area contributed by atoms with E-state index in [9.17, 15) is 0 Å². The molecule has 0 aliphatic heterocycles. The summed E-state index contributed by atoms with van der Waals surface area (Å²) in [7, 11) is 0. The molecule has 0 saturated carbocycles. The quantitative estimate of drug-likeness (QED) is 0.420. The number of aromatic nitrogens is 2. The number of thiol groups is 1. The Labute approximate surface area is 58.1 Å². The number of H-pyrrole nitrogens is 1. The summed E-state index contributed by atoms with van der Waals surface area (Å²) in [6, 6.07) is 1.85. The standard InChI is InChI=1S/C4H6N2S2/c1-3-2-4(7)5-6(3)8/h2,8H,1H3,(H,5,7). The third-order valence-electron chi connectivity index (χ3n) is 0.890. The first-order valence-electron chi connectivity index (χ1n) is 2.18. The van der Waals surface area contributed by atoms with Crippen molar-refractivity contribution in [2.75, 3.05) is 0 Å². The van der Waals surface area contributed by atoms with E-state index in [1.54, 1.807) is 4.09 Å². The maximum Gasteiger partial charge on any atom is 0.120 e. The second-order valence-corrected chi connectivity index (χ2v) is 2.41. The largest absolute Gasteiger partial charge is 0.278 e.